The smallest absolute Gasteiger partial charge is 0.288 e. The standard InChI is InChI=1S/C21H17N3O3/c1-24-12-11-22-20(24)19(14-7-3-2-4-8-14)23-21(26)18-13-16(25)15-9-5-6-10-17(15)27-18/h2-13,19H,1H3,(H,23,26)/t19-/m0/s1. The molecule has 0 aliphatic rings. The number of nitrogens with zero attached hydrogens (tertiary/aromatic N) is 2. The van der Waals surface area contributed by atoms with E-state index in [-0.39, 0.29) is 11.2 Å². The average molecular weight is 359 g/mol. The van der Waals surface area contributed by atoms with Crippen LogP contribution < -0.4 is 10.7 Å². The maximum atomic E-state index is 12.9. The van der Waals surface area contributed by atoms with E-state index in [0.29, 0.717) is 16.8 Å². The summed E-state index contributed by atoms with van der Waals surface area (Å²) in [5.74, 6) is 0.168. The monoisotopic (exact) mass is 359 g/mol. The summed E-state index contributed by atoms with van der Waals surface area (Å²) in [6.07, 6.45) is 3.49. The number of rotatable bonds is 4. The number of amides is 1. The first-order valence-corrected chi connectivity index (χ1v) is 8.49. The Labute approximate surface area is 155 Å². The Morgan fingerprint density at radius 1 is 1.11 bits per heavy atom. The lowest BCUT2D eigenvalue weighted by atomic mass is 10.1. The molecule has 0 aliphatic carbocycles. The molecule has 0 aliphatic heterocycles. The molecule has 1 amide bonds. The minimum atomic E-state index is -0.477. The lowest BCUT2D eigenvalue weighted by Crippen LogP contribution is -2.31. The molecule has 0 bridgehead atoms. The molecule has 0 fully saturated rings. The summed E-state index contributed by atoms with van der Waals surface area (Å²) >= 11 is 0. The van der Waals surface area contributed by atoms with Crippen molar-refractivity contribution in [1.29, 1.82) is 0 Å². The van der Waals surface area contributed by atoms with Gasteiger partial charge in [0.15, 0.2) is 11.2 Å². The van der Waals surface area contributed by atoms with Crippen molar-refractivity contribution in [3.8, 4) is 0 Å². The molecule has 0 saturated heterocycles. The van der Waals surface area contributed by atoms with Crippen LogP contribution in [0.3, 0.4) is 0 Å². The van der Waals surface area contributed by atoms with Crippen molar-refractivity contribution >= 4 is 16.9 Å². The van der Waals surface area contributed by atoms with Crippen LogP contribution >= 0.6 is 0 Å². The van der Waals surface area contributed by atoms with Crippen molar-refractivity contribution in [3.05, 3.63) is 100 Å². The van der Waals surface area contributed by atoms with E-state index in [1.54, 1.807) is 30.5 Å². The van der Waals surface area contributed by atoms with E-state index < -0.39 is 11.9 Å². The van der Waals surface area contributed by atoms with Gasteiger partial charge >= 0.3 is 0 Å². The number of benzene rings is 2. The van der Waals surface area contributed by atoms with Crippen LogP contribution in [-0.2, 0) is 7.05 Å². The number of para-hydroxylation sites is 1. The minimum absolute atomic E-state index is 0.0335. The van der Waals surface area contributed by atoms with E-state index in [4.69, 9.17) is 4.42 Å². The largest absolute Gasteiger partial charge is 0.451 e. The highest BCUT2D eigenvalue weighted by Gasteiger charge is 2.23. The molecule has 4 aromatic rings. The van der Waals surface area contributed by atoms with Crippen molar-refractivity contribution in [1.82, 2.24) is 14.9 Å². The van der Waals surface area contributed by atoms with E-state index >= 15 is 0 Å². The molecule has 4 rings (SSSR count). The molecule has 6 heteroatoms. The number of aryl methyl sites for hydroxylation is 1. The molecular weight excluding hydrogens is 342 g/mol. The first-order valence-electron chi connectivity index (χ1n) is 8.49. The Kier molecular flexibility index (Phi) is 4.30. The van der Waals surface area contributed by atoms with Crippen molar-refractivity contribution in [2.45, 2.75) is 6.04 Å². The SMILES string of the molecule is Cn1ccnc1[C@@H](NC(=O)c1cc(=O)c2ccccc2o1)c1ccccc1. The van der Waals surface area contributed by atoms with E-state index in [1.165, 1.54) is 6.07 Å². The maximum Gasteiger partial charge on any atom is 0.288 e. The van der Waals surface area contributed by atoms with Crippen LogP contribution in [0, 0.1) is 0 Å². The highest BCUT2D eigenvalue weighted by molar-refractivity contribution is 5.93. The number of aromatic nitrogens is 2. The highest BCUT2D eigenvalue weighted by atomic mass is 16.3. The molecule has 134 valence electrons. The van der Waals surface area contributed by atoms with Crippen molar-refractivity contribution in [3.63, 3.8) is 0 Å². The number of nitrogens with one attached hydrogen (secondary N) is 1. The molecule has 0 saturated carbocycles. The Hall–Kier alpha value is -3.67. The summed E-state index contributed by atoms with van der Waals surface area (Å²) in [4.78, 5) is 29.5. The predicted octanol–water partition coefficient (Wildman–Crippen LogP) is 3.05. The third kappa shape index (κ3) is 3.25. The number of carbonyl (C=O) groups is 1. The van der Waals surface area contributed by atoms with Gasteiger partial charge in [-0.3, -0.25) is 9.59 Å². The first-order chi connectivity index (χ1) is 13.1. The van der Waals surface area contributed by atoms with E-state index in [1.807, 2.05) is 48.1 Å². The summed E-state index contributed by atoms with van der Waals surface area (Å²) in [6, 6.07) is 17.1. The molecule has 6 nitrogen and oxygen atoms in total. The van der Waals surface area contributed by atoms with Crippen molar-refractivity contribution in [2.75, 3.05) is 0 Å². The van der Waals surface area contributed by atoms with Crippen molar-refractivity contribution in [2.24, 2.45) is 7.05 Å². The Balaban J connectivity index is 1.72. The van der Waals surface area contributed by atoms with Gasteiger partial charge in [-0.05, 0) is 17.7 Å². The molecular formula is C21H17N3O3. The summed E-state index contributed by atoms with van der Waals surface area (Å²) in [7, 11) is 1.86. The molecule has 27 heavy (non-hydrogen) atoms. The van der Waals surface area contributed by atoms with Gasteiger partial charge in [-0.15, -0.1) is 0 Å². The van der Waals surface area contributed by atoms with Gasteiger partial charge in [-0.25, -0.2) is 4.98 Å². The lowest BCUT2D eigenvalue weighted by Gasteiger charge is -2.19. The molecule has 1 N–H and O–H groups in total. The topological polar surface area (TPSA) is 77.1 Å². The van der Waals surface area contributed by atoms with Crippen LogP contribution in [-0.4, -0.2) is 15.5 Å². The molecule has 0 spiro atoms. The summed E-state index contributed by atoms with van der Waals surface area (Å²) in [5, 5.41) is 3.37. The maximum absolute atomic E-state index is 12.9. The van der Waals surface area contributed by atoms with Crippen LogP contribution in [0.2, 0.25) is 0 Å². The normalized spacial score (nSPS) is 12.0. The zero-order valence-corrected chi connectivity index (χ0v) is 14.6. The third-order valence-corrected chi connectivity index (χ3v) is 4.38. The Morgan fingerprint density at radius 3 is 2.59 bits per heavy atom. The number of carbonyl (C=O) groups excluding carboxylic acids is 1. The quantitative estimate of drug-likeness (QED) is 0.608. The molecule has 0 radical (unpaired) electrons. The molecule has 0 unspecified atom stereocenters. The van der Waals surface area contributed by atoms with Crippen LogP contribution in [0.4, 0.5) is 0 Å². The predicted molar refractivity (Wildman–Crippen MR) is 101 cm³/mol. The number of hydrogen-bond donors (Lipinski definition) is 1. The Bertz CT molecular complexity index is 1160. The second kappa shape index (κ2) is 6.92. The third-order valence-electron chi connectivity index (χ3n) is 4.38. The fourth-order valence-corrected chi connectivity index (χ4v) is 3.02. The van der Waals surface area contributed by atoms with Gasteiger partial charge in [0, 0.05) is 25.5 Å². The van der Waals surface area contributed by atoms with Crippen LogP contribution in [0.25, 0.3) is 11.0 Å². The van der Waals surface area contributed by atoms with Gasteiger partial charge in [-0.2, -0.15) is 0 Å². The van der Waals surface area contributed by atoms with Crippen LogP contribution in [0.5, 0.6) is 0 Å². The average Bonchev–Trinajstić information content (AvgIpc) is 3.12. The van der Waals surface area contributed by atoms with E-state index in [9.17, 15) is 9.59 Å². The summed E-state index contributed by atoms with van der Waals surface area (Å²) in [6.45, 7) is 0. The summed E-state index contributed by atoms with van der Waals surface area (Å²) < 4.78 is 7.49. The summed E-state index contributed by atoms with van der Waals surface area (Å²) in [5.41, 5.74) is 1.00. The highest BCUT2D eigenvalue weighted by Crippen LogP contribution is 2.21. The fourth-order valence-electron chi connectivity index (χ4n) is 3.02. The lowest BCUT2D eigenvalue weighted by molar-refractivity contribution is 0.0913. The van der Waals surface area contributed by atoms with Gasteiger partial charge in [0.1, 0.15) is 17.4 Å². The number of imidazole rings is 1. The van der Waals surface area contributed by atoms with Gasteiger partial charge in [-0.1, -0.05) is 42.5 Å². The molecule has 2 heterocycles. The van der Waals surface area contributed by atoms with Gasteiger partial charge < -0.3 is 14.3 Å². The fraction of sp³-hybridized carbons (Fsp3) is 0.0952. The Morgan fingerprint density at radius 2 is 1.85 bits per heavy atom. The number of hydrogen-bond acceptors (Lipinski definition) is 4. The van der Waals surface area contributed by atoms with Gasteiger partial charge in [0.25, 0.3) is 5.91 Å². The minimum Gasteiger partial charge on any atom is -0.451 e. The first kappa shape index (κ1) is 16.8. The zero-order valence-electron chi connectivity index (χ0n) is 14.6. The van der Waals surface area contributed by atoms with Gasteiger partial charge in [0.05, 0.1) is 5.39 Å². The molecule has 2 aromatic heterocycles. The second-order valence-electron chi connectivity index (χ2n) is 6.18. The zero-order chi connectivity index (χ0) is 18.8. The molecule has 2 aromatic carbocycles. The number of fused-ring (bicyclic) bond motifs is 1. The van der Waals surface area contributed by atoms with Gasteiger partial charge in [0.2, 0.25) is 0 Å². The second-order valence-corrected chi connectivity index (χ2v) is 6.18. The van der Waals surface area contributed by atoms with Crippen LogP contribution in [0.1, 0.15) is 28.0 Å². The molecule has 1 atom stereocenters. The van der Waals surface area contributed by atoms with Crippen molar-refractivity contribution < 1.29 is 9.21 Å². The van der Waals surface area contributed by atoms with E-state index in [2.05, 4.69) is 10.3 Å². The van der Waals surface area contributed by atoms with E-state index in [0.717, 1.165) is 5.56 Å². The van der Waals surface area contributed by atoms with Crippen LogP contribution in [0.15, 0.2) is 82.3 Å².